The lowest BCUT2D eigenvalue weighted by molar-refractivity contribution is -0.115. The van der Waals surface area contributed by atoms with Crippen LogP contribution in [0.4, 0.5) is 10.7 Å². The zero-order valence-corrected chi connectivity index (χ0v) is 11.6. The van der Waals surface area contributed by atoms with Crippen LogP contribution in [-0.4, -0.2) is 38.9 Å². The molecule has 0 spiro atoms. The predicted octanol–water partition coefficient (Wildman–Crippen LogP) is 0.983. The number of hydrogen-bond acceptors (Lipinski definition) is 7. The lowest BCUT2D eigenvalue weighted by atomic mass is 10.2. The van der Waals surface area contributed by atoms with Gasteiger partial charge in [0.05, 0.1) is 23.2 Å². The summed E-state index contributed by atoms with van der Waals surface area (Å²) in [6.45, 7) is 1.92. The molecule has 0 saturated carbocycles. The number of hydrogen-bond donors (Lipinski definition) is 3. The third kappa shape index (κ3) is 3.55. The van der Waals surface area contributed by atoms with Crippen LogP contribution in [0.25, 0.3) is 6.08 Å². The van der Waals surface area contributed by atoms with Gasteiger partial charge >= 0.3 is 0 Å². The van der Waals surface area contributed by atoms with E-state index >= 15 is 0 Å². The second-order valence-corrected chi connectivity index (χ2v) is 5.10. The number of amides is 2. The van der Waals surface area contributed by atoms with E-state index in [0.717, 1.165) is 18.2 Å². The van der Waals surface area contributed by atoms with Crippen molar-refractivity contribution in [1.29, 1.82) is 0 Å². The highest BCUT2D eigenvalue weighted by molar-refractivity contribution is 8.18. The number of aliphatic hydroxyl groups is 1. The van der Waals surface area contributed by atoms with Gasteiger partial charge < -0.3 is 10.4 Å². The highest BCUT2D eigenvalue weighted by Crippen LogP contribution is 2.25. The second-order valence-electron chi connectivity index (χ2n) is 4.09. The van der Waals surface area contributed by atoms with Crippen LogP contribution in [0, 0.1) is 0 Å². The van der Waals surface area contributed by atoms with Gasteiger partial charge in [0.25, 0.3) is 11.1 Å². The van der Waals surface area contributed by atoms with Crippen LogP contribution in [0.3, 0.4) is 0 Å². The van der Waals surface area contributed by atoms with E-state index in [1.807, 2.05) is 6.92 Å². The SMILES string of the molecule is CCC(CO)Nc1nccc(/C=C2\SC(=O)NC2=O)n1. The molecule has 106 valence electrons. The predicted molar refractivity (Wildman–Crippen MR) is 75.9 cm³/mol. The number of imide groups is 1. The van der Waals surface area contributed by atoms with Gasteiger partial charge in [-0.15, -0.1) is 0 Å². The van der Waals surface area contributed by atoms with E-state index in [0.29, 0.717) is 16.5 Å². The molecule has 1 fully saturated rings. The van der Waals surface area contributed by atoms with Crippen molar-refractivity contribution >= 4 is 34.9 Å². The van der Waals surface area contributed by atoms with E-state index in [2.05, 4.69) is 20.6 Å². The highest BCUT2D eigenvalue weighted by atomic mass is 32.2. The Morgan fingerprint density at radius 2 is 2.35 bits per heavy atom. The Balaban J connectivity index is 2.16. The number of aromatic nitrogens is 2. The van der Waals surface area contributed by atoms with Gasteiger partial charge in [-0.1, -0.05) is 6.92 Å². The molecule has 1 saturated heterocycles. The first-order valence-electron chi connectivity index (χ1n) is 6.07. The highest BCUT2D eigenvalue weighted by Gasteiger charge is 2.25. The van der Waals surface area contributed by atoms with Gasteiger partial charge in [-0.3, -0.25) is 14.9 Å². The van der Waals surface area contributed by atoms with Crippen LogP contribution in [0.5, 0.6) is 0 Å². The largest absolute Gasteiger partial charge is 0.394 e. The summed E-state index contributed by atoms with van der Waals surface area (Å²) in [7, 11) is 0. The number of aliphatic hydroxyl groups excluding tert-OH is 1. The minimum atomic E-state index is -0.421. The molecule has 1 aliphatic heterocycles. The third-order valence-electron chi connectivity index (χ3n) is 2.64. The molecule has 20 heavy (non-hydrogen) atoms. The van der Waals surface area contributed by atoms with Crippen molar-refractivity contribution in [3.63, 3.8) is 0 Å². The van der Waals surface area contributed by atoms with Crippen molar-refractivity contribution in [2.24, 2.45) is 0 Å². The molecule has 1 aromatic rings. The lowest BCUT2D eigenvalue weighted by Gasteiger charge is -2.13. The van der Waals surface area contributed by atoms with E-state index in [9.17, 15) is 9.59 Å². The zero-order chi connectivity index (χ0) is 14.5. The molecule has 2 amide bonds. The van der Waals surface area contributed by atoms with Crippen LogP contribution < -0.4 is 10.6 Å². The van der Waals surface area contributed by atoms with Crippen LogP contribution in [0.1, 0.15) is 19.0 Å². The van der Waals surface area contributed by atoms with Crippen LogP contribution in [0.15, 0.2) is 17.2 Å². The first-order valence-corrected chi connectivity index (χ1v) is 6.89. The Morgan fingerprint density at radius 1 is 1.55 bits per heavy atom. The second kappa shape index (κ2) is 6.49. The Kier molecular flexibility index (Phi) is 4.70. The average Bonchev–Trinajstić information content (AvgIpc) is 2.74. The normalized spacial score (nSPS) is 18.2. The fourth-order valence-electron chi connectivity index (χ4n) is 1.54. The van der Waals surface area contributed by atoms with Crippen molar-refractivity contribution in [3.8, 4) is 0 Å². The molecule has 1 aromatic heterocycles. The molecule has 1 unspecified atom stereocenters. The molecule has 0 radical (unpaired) electrons. The maximum Gasteiger partial charge on any atom is 0.290 e. The standard InChI is InChI=1S/C12H14N4O3S/c1-2-7(6-17)14-11-13-4-3-8(15-11)5-9-10(18)16-12(19)20-9/h3-5,7,17H,2,6H2,1H3,(H,13,14,15)(H,16,18,19)/b9-5-. The van der Waals surface area contributed by atoms with Crippen molar-refractivity contribution in [2.45, 2.75) is 19.4 Å². The average molecular weight is 294 g/mol. The van der Waals surface area contributed by atoms with Crippen molar-refractivity contribution in [1.82, 2.24) is 15.3 Å². The molecule has 2 rings (SSSR count). The van der Waals surface area contributed by atoms with Crippen LogP contribution in [-0.2, 0) is 4.79 Å². The molecule has 7 nitrogen and oxygen atoms in total. The summed E-state index contributed by atoms with van der Waals surface area (Å²) >= 11 is 0.838. The van der Waals surface area contributed by atoms with Gasteiger partial charge in [0.15, 0.2) is 0 Å². The topological polar surface area (TPSA) is 104 Å². The summed E-state index contributed by atoms with van der Waals surface area (Å²) in [4.78, 5) is 31.1. The number of nitrogens with one attached hydrogen (secondary N) is 2. The number of nitrogens with zero attached hydrogens (tertiary/aromatic N) is 2. The molecule has 1 aliphatic rings. The van der Waals surface area contributed by atoms with E-state index in [1.54, 1.807) is 12.3 Å². The minimum Gasteiger partial charge on any atom is -0.394 e. The third-order valence-corrected chi connectivity index (χ3v) is 3.46. The van der Waals surface area contributed by atoms with Gasteiger partial charge in [0.1, 0.15) is 0 Å². The Morgan fingerprint density at radius 3 is 2.95 bits per heavy atom. The molecule has 0 aliphatic carbocycles. The summed E-state index contributed by atoms with van der Waals surface area (Å²) in [5.41, 5.74) is 0.516. The smallest absolute Gasteiger partial charge is 0.290 e. The maximum atomic E-state index is 11.4. The van der Waals surface area contributed by atoms with E-state index in [-0.39, 0.29) is 17.9 Å². The number of anilines is 1. The number of thioether (sulfide) groups is 1. The van der Waals surface area contributed by atoms with Gasteiger partial charge in [-0.05, 0) is 30.3 Å². The van der Waals surface area contributed by atoms with E-state index in [4.69, 9.17) is 5.11 Å². The molecule has 0 aromatic carbocycles. The van der Waals surface area contributed by atoms with Gasteiger partial charge in [0.2, 0.25) is 5.95 Å². The summed E-state index contributed by atoms with van der Waals surface area (Å²) < 4.78 is 0. The molecular weight excluding hydrogens is 280 g/mol. The number of carbonyl (C=O) groups is 2. The van der Waals surface area contributed by atoms with Gasteiger partial charge in [0, 0.05) is 6.20 Å². The van der Waals surface area contributed by atoms with Gasteiger partial charge in [-0.2, -0.15) is 0 Å². The fraction of sp³-hybridized carbons (Fsp3) is 0.333. The Bertz CT molecular complexity index is 557. The van der Waals surface area contributed by atoms with Crippen molar-refractivity contribution in [2.75, 3.05) is 11.9 Å². The molecule has 1 atom stereocenters. The van der Waals surface area contributed by atoms with Crippen molar-refractivity contribution in [3.05, 3.63) is 22.9 Å². The molecule has 8 heteroatoms. The summed E-state index contributed by atoms with van der Waals surface area (Å²) in [5.74, 6) is -0.0510. The Labute approximate surface area is 119 Å². The first kappa shape index (κ1) is 14.5. The van der Waals surface area contributed by atoms with E-state index in [1.165, 1.54) is 6.08 Å². The molecule has 2 heterocycles. The summed E-state index contributed by atoms with van der Waals surface area (Å²) in [6, 6.07) is 1.51. The van der Waals surface area contributed by atoms with Crippen molar-refractivity contribution < 1.29 is 14.7 Å². The number of carbonyl (C=O) groups excluding carboxylic acids is 2. The summed E-state index contributed by atoms with van der Waals surface area (Å²) in [5, 5.41) is 13.9. The molecule has 3 N–H and O–H groups in total. The summed E-state index contributed by atoms with van der Waals surface area (Å²) in [6.07, 6.45) is 3.81. The van der Waals surface area contributed by atoms with E-state index < -0.39 is 5.91 Å². The minimum absolute atomic E-state index is 0.0159. The monoisotopic (exact) mass is 294 g/mol. The quantitative estimate of drug-likeness (QED) is 0.695. The Hall–Kier alpha value is -1.93. The molecular formula is C12H14N4O3S. The lowest BCUT2D eigenvalue weighted by Crippen LogP contribution is -2.23. The molecule has 0 bridgehead atoms. The van der Waals surface area contributed by atoms with Crippen LogP contribution >= 0.6 is 11.8 Å². The number of rotatable bonds is 5. The maximum absolute atomic E-state index is 11.4. The zero-order valence-electron chi connectivity index (χ0n) is 10.8. The first-order chi connectivity index (χ1) is 9.62. The van der Waals surface area contributed by atoms with Crippen LogP contribution in [0.2, 0.25) is 0 Å². The fourth-order valence-corrected chi connectivity index (χ4v) is 2.20. The van der Waals surface area contributed by atoms with Gasteiger partial charge in [-0.25, -0.2) is 9.97 Å².